The van der Waals surface area contributed by atoms with Gasteiger partial charge in [-0.1, -0.05) is 24.4 Å². The van der Waals surface area contributed by atoms with Gasteiger partial charge in [-0.05, 0) is 24.1 Å². The Morgan fingerprint density at radius 3 is 2.59 bits per heavy atom. The molecule has 0 atom stereocenters. The van der Waals surface area contributed by atoms with E-state index in [-0.39, 0.29) is 5.91 Å². The van der Waals surface area contributed by atoms with Crippen molar-refractivity contribution >= 4 is 34.5 Å². The number of rotatable bonds is 2. The molecule has 0 fully saturated rings. The van der Waals surface area contributed by atoms with Crippen LogP contribution in [0, 0.1) is 0 Å². The number of benzene rings is 1. The SMILES string of the molecule is CC(=O)Nc1ccc(C2=NNC(=S)CC2)cc1. The number of hydrogen-bond donors (Lipinski definition) is 2. The predicted octanol–water partition coefficient (Wildman–Crippen LogP) is 2.06. The van der Waals surface area contributed by atoms with Crippen LogP contribution in [0.25, 0.3) is 0 Å². The van der Waals surface area contributed by atoms with Crippen molar-refractivity contribution in [1.82, 2.24) is 5.43 Å². The summed E-state index contributed by atoms with van der Waals surface area (Å²) < 4.78 is 0. The lowest BCUT2D eigenvalue weighted by molar-refractivity contribution is -0.114. The first kappa shape index (κ1) is 11.7. The van der Waals surface area contributed by atoms with Crippen LogP contribution in [0.15, 0.2) is 29.4 Å². The molecule has 2 rings (SSSR count). The molecule has 5 heteroatoms. The van der Waals surface area contributed by atoms with E-state index in [0.717, 1.165) is 34.8 Å². The number of hydrogen-bond acceptors (Lipinski definition) is 3. The zero-order valence-corrected chi connectivity index (χ0v) is 10.3. The van der Waals surface area contributed by atoms with Gasteiger partial charge < -0.3 is 5.32 Å². The molecular weight excluding hydrogens is 234 g/mol. The molecular formula is C12H13N3OS. The number of carbonyl (C=O) groups is 1. The number of thiocarbonyl (C=S) groups is 1. The molecule has 1 aliphatic rings. The Balaban J connectivity index is 2.12. The highest BCUT2D eigenvalue weighted by atomic mass is 32.1. The van der Waals surface area contributed by atoms with Gasteiger partial charge in [-0.2, -0.15) is 5.10 Å². The largest absolute Gasteiger partial charge is 0.326 e. The molecule has 17 heavy (non-hydrogen) atoms. The van der Waals surface area contributed by atoms with Gasteiger partial charge in [0.25, 0.3) is 0 Å². The summed E-state index contributed by atoms with van der Waals surface area (Å²) in [5.74, 6) is -0.0697. The summed E-state index contributed by atoms with van der Waals surface area (Å²) in [6, 6.07) is 7.62. The predicted molar refractivity (Wildman–Crippen MR) is 72.3 cm³/mol. The van der Waals surface area contributed by atoms with Crippen molar-refractivity contribution in [2.24, 2.45) is 5.10 Å². The Morgan fingerprint density at radius 1 is 1.35 bits per heavy atom. The molecule has 88 valence electrons. The molecule has 1 aromatic carbocycles. The lowest BCUT2D eigenvalue weighted by atomic mass is 10.0. The zero-order valence-electron chi connectivity index (χ0n) is 9.49. The molecule has 1 aliphatic heterocycles. The Morgan fingerprint density at radius 2 is 2.06 bits per heavy atom. The van der Waals surface area contributed by atoms with Crippen molar-refractivity contribution in [2.45, 2.75) is 19.8 Å². The summed E-state index contributed by atoms with van der Waals surface area (Å²) >= 11 is 5.01. The highest BCUT2D eigenvalue weighted by Gasteiger charge is 2.10. The third-order valence-electron chi connectivity index (χ3n) is 2.44. The van der Waals surface area contributed by atoms with Gasteiger partial charge in [0.05, 0.1) is 10.7 Å². The van der Waals surface area contributed by atoms with E-state index in [1.54, 1.807) is 0 Å². The normalized spacial score (nSPS) is 14.9. The van der Waals surface area contributed by atoms with Crippen molar-refractivity contribution in [2.75, 3.05) is 5.32 Å². The van der Waals surface area contributed by atoms with Crippen LogP contribution in [0.5, 0.6) is 0 Å². The third kappa shape index (κ3) is 3.10. The standard InChI is InChI=1S/C12H13N3OS/c1-8(16)13-10-4-2-9(3-5-10)11-6-7-12(17)15-14-11/h2-5H,6-7H2,1H3,(H,13,16)(H,15,17). The molecule has 0 spiro atoms. The second kappa shape index (κ2) is 5.05. The number of amides is 1. The molecule has 1 amide bonds. The summed E-state index contributed by atoms with van der Waals surface area (Å²) in [6.45, 7) is 1.49. The maximum absolute atomic E-state index is 10.9. The molecule has 0 aromatic heterocycles. The van der Waals surface area contributed by atoms with Gasteiger partial charge in [0.1, 0.15) is 0 Å². The van der Waals surface area contributed by atoms with Crippen LogP contribution in [0.1, 0.15) is 25.3 Å². The van der Waals surface area contributed by atoms with Gasteiger partial charge >= 0.3 is 0 Å². The van der Waals surface area contributed by atoms with Crippen LogP contribution < -0.4 is 10.7 Å². The topological polar surface area (TPSA) is 53.5 Å². The fraction of sp³-hybridized carbons (Fsp3) is 0.250. The Hall–Kier alpha value is -1.75. The fourth-order valence-electron chi connectivity index (χ4n) is 1.63. The molecule has 2 N–H and O–H groups in total. The monoisotopic (exact) mass is 247 g/mol. The van der Waals surface area contributed by atoms with Crippen LogP contribution >= 0.6 is 12.2 Å². The minimum atomic E-state index is -0.0697. The highest BCUT2D eigenvalue weighted by Crippen LogP contribution is 2.14. The Labute approximate surface area is 105 Å². The van der Waals surface area contributed by atoms with Crippen LogP contribution in [0.3, 0.4) is 0 Å². The zero-order chi connectivity index (χ0) is 12.3. The van der Waals surface area contributed by atoms with E-state index in [1.807, 2.05) is 24.3 Å². The maximum Gasteiger partial charge on any atom is 0.221 e. The number of hydrazone groups is 1. The number of anilines is 1. The van der Waals surface area contributed by atoms with Gasteiger partial charge in [-0.15, -0.1) is 0 Å². The van der Waals surface area contributed by atoms with E-state index in [2.05, 4.69) is 15.8 Å². The maximum atomic E-state index is 10.9. The lowest BCUT2D eigenvalue weighted by Crippen LogP contribution is -2.24. The van der Waals surface area contributed by atoms with Crippen LogP contribution in [-0.2, 0) is 4.79 Å². The number of carbonyl (C=O) groups excluding carboxylic acids is 1. The fourth-order valence-corrected chi connectivity index (χ4v) is 1.78. The number of nitrogens with one attached hydrogen (secondary N) is 2. The summed E-state index contributed by atoms with van der Waals surface area (Å²) in [4.78, 5) is 11.7. The van der Waals surface area contributed by atoms with E-state index in [9.17, 15) is 4.79 Å². The van der Waals surface area contributed by atoms with Gasteiger partial charge in [-0.25, -0.2) is 0 Å². The van der Waals surface area contributed by atoms with Gasteiger partial charge in [0.2, 0.25) is 5.91 Å². The Bertz CT molecular complexity index is 479. The first-order chi connectivity index (χ1) is 8.15. The molecule has 0 bridgehead atoms. The molecule has 1 aromatic rings. The average Bonchev–Trinajstić information content (AvgIpc) is 2.30. The molecule has 4 nitrogen and oxygen atoms in total. The van der Waals surface area contributed by atoms with E-state index < -0.39 is 0 Å². The molecule has 0 unspecified atom stereocenters. The van der Waals surface area contributed by atoms with Gasteiger partial charge in [0, 0.05) is 19.0 Å². The highest BCUT2D eigenvalue weighted by molar-refractivity contribution is 7.80. The van der Waals surface area contributed by atoms with Gasteiger partial charge in [-0.3, -0.25) is 10.2 Å². The molecule has 0 aliphatic carbocycles. The van der Waals surface area contributed by atoms with E-state index in [0.29, 0.717) is 0 Å². The quantitative estimate of drug-likeness (QED) is 0.786. The first-order valence-corrected chi connectivity index (χ1v) is 5.79. The molecule has 1 heterocycles. The number of nitrogens with zero attached hydrogens (tertiary/aromatic N) is 1. The summed E-state index contributed by atoms with van der Waals surface area (Å²) in [5, 5.41) is 6.94. The van der Waals surface area contributed by atoms with Crippen molar-refractivity contribution in [3.63, 3.8) is 0 Å². The minimum absolute atomic E-state index is 0.0697. The van der Waals surface area contributed by atoms with Crippen molar-refractivity contribution in [1.29, 1.82) is 0 Å². The summed E-state index contributed by atoms with van der Waals surface area (Å²) in [5.41, 5.74) is 5.66. The van der Waals surface area contributed by atoms with Crippen LogP contribution in [-0.4, -0.2) is 16.6 Å². The van der Waals surface area contributed by atoms with Crippen molar-refractivity contribution < 1.29 is 4.79 Å². The van der Waals surface area contributed by atoms with Crippen molar-refractivity contribution in [3.8, 4) is 0 Å². The van der Waals surface area contributed by atoms with E-state index in [1.165, 1.54) is 6.92 Å². The average molecular weight is 247 g/mol. The summed E-state index contributed by atoms with van der Waals surface area (Å²) in [6.07, 6.45) is 1.69. The third-order valence-corrected chi connectivity index (χ3v) is 2.74. The van der Waals surface area contributed by atoms with E-state index >= 15 is 0 Å². The second-order valence-corrected chi connectivity index (χ2v) is 4.34. The minimum Gasteiger partial charge on any atom is -0.326 e. The van der Waals surface area contributed by atoms with Crippen LogP contribution in [0.2, 0.25) is 0 Å². The van der Waals surface area contributed by atoms with Gasteiger partial charge in [0.15, 0.2) is 0 Å². The first-order valence-electron chi connectivity index (χ1n) is 5.38. The van der Waals surface area contributed by atoms with Crippen LogP contribution in [0.4, 0.5) is 5.69 Å². The second-order valence-electron chi connectivity index (χ2n) is 3.85. The lowest BCUT2D eigenvalue weighted by Gasteiger charge is -2.14. The molecule has 0 saturated carbocycles. The Kier molecular flexibility index (Phi) is 3.49. The molecule has 0 saturated heterocycles. The van der Waals surface area contributed by atoms with E-state index in [4.69, 9.17) is 12.2 Å². The smallest absolute Gasteiger partial charge is 0.221 e. The van der Waals surface area contributed by atoms with Crippen molar-refractivity contribution in [3.05, 3.63) is 29.8 Å². The summed E-state index contributed by atoms with van der Waals surface area (Å²) in [7, 11) is 0. The molecule has 0 radical (unpaired) electrons.